The van der Waals surface area contributed by atoms with Gasteiger partial charge in [0.1, 0.15) is 23.7 Å². The molecule has 2 aromatic rings. The van der Waals surface area contributed by atoms with Gasteiger partial charge in [-0.3, -0.25) is 0 Å². The maximum atomic E-state index is 13.6. The van der Waals surface area contributed by atoms with E-state index in [1.807, 2.05) is 6.92 Å². The number of nitrogens with one attached hydrogen (secondary N) is 1. The molecule has 0 atom stereocenters. The van der Waals surface area contributed by atoms with Gasteiger partial charge in [0.15, 0.2) is 23.3 Å². The van der Waals surface area contributed by atoms with Gasteiger partial charge >= 0.3 is 0 Å². The summed E-state index contributed by atoms with van der Waals surface area (Å²) in [6, 6.07) is 0.136. The number of nitrogen functional groups attached to an aromatic ring is 1. The summed E-state index contributed by atoms with van der Waals surface area (Å²) in [5.74, 6) is -5.94. The van der Waals surface area contributed by atoms with E-state index < -0.39 is 29.0 Å². The molecule has 0 amide bonds. The Morgan fingerprint density at radius 3 is 2.29 bits per heavy atom. The lowest BCUT2D eigenvalue weighted by molar-refractivity contribution is 0.459. The maximum absolute atomic E-state index is 13.6. The van der Waals surface area contributed by atoms with Crippen LogP contribution in [0.15, 0.2) is 12.4 Å². The van der Waals surface area contributed by atoms with E-state index in [4.69, 9.17) is 5.73 Å². The van der Waals surface area contributed by atoms with E-state index >= 15 is 0 Å². The predicted octanol–water partition coefficient (Wildman–Crippen LogP) is 3.31. The summed E-state index contributed by atoms with van der Waals surface area (Å²) in [4.78, 5) is 7.59. The fourth-order valence-corrected chi connectivity index (χ4v) is 1.83. The number of benzene rings is 1. The lowest BCUT2D eigenvalue weighted by atomic mass is 10.1. The Kier molecular flexibility index (Phi) is 4.25. The Bertz CT molecular complexity index is 649. The van der Waals surface area contributed by atoms with Gasteiger partial charge in [0.2, 0.25) is 0 Å². The number of hydrogen-bond acceptors (Lipinski definition) is 4. The summed E-state index contributed by atoms with van der Waals surface area (Å²) >= 11 is 0. The van der Waals surface area contributed by atoms with Crippen LogP contribution < -0.4 is 11.1 Å². The Labute approximate surface area is 118 Å². The highest BCUT2D eigenvalue weighted by Crippen LogP contribution is 2.29. The molecule has 2 rings (SSSR count). The maximum Gasteiger partial charge on any atom is 0.185 e. The van der Waals surface area contributed by atoms with Crippen molar-refractivity contribution in [1.29, 1.82) is 0 Å². The summed E-state index contributed by atoms with van der Waals surface area (Å²) < 4.78 is 53.6. The molecule has 0 aliphatic carbocycles. The highest BCUT2D eigenvalue weighted by molar-refractivity contribution is 5.64. The highest BCUT2D eigenvalue weighted by atomic mass is 19.2. The molecule has 0 saturated heterocycles. The highest BCUT2D eigenvalue weighted by Gasteiger charge is 2.21. The Balaban J connectivity index is 2.51. The molecule has 21 heavy (non-hydrogen) atoms. The Morgan fingerprint density at radius 2 is 1.71 bits per heavy atom. The van der Waals surface area contributed by atoms with Crippen molar-refractivity contribution in [2.45, 2.75) is 19.8 Å². The lowest BCUT2D eigenvalue weighted by Gasteiger charge is -2.13. The lowest BCUT2D eigenvalue weighted by Crippen LogP contribution is -2.08. The molecule has 1 aromatic carbocycles. The van der Waals surface area contributed by atoms with E-state index in [2.05, 4.69) is 15.3 Å². The van der Waals surface area contributed by atoms with E-state index in [1.165, 1.54) is 0 Å². The largest absolute Gasteiger partial charge is 0.383 e. The number of nitrogens with two attached hydrogens (primary N) is 1. The zero-order valence-corrected chi connectivity index (χ0v) is 11.1. The second-order valence-electron chi connectivity index (χ2n) is 4.30. The molecule has 0 fully saturated rings. The minimum absolute atomic E-state index is 0.00662. The van der Waals surface area contributed by atoms with E-state index in [0.29, 0.717) is 18.4 Å². The predicted molar refractivity (Wildman–Crippen MR) is 70.0 cm³/mol. The van der Waals surface area contributed by atoms with Crippen LogP contribution in [-0.2, 0) is 6.42 Å². The van der Waals surface area contributed by atoms with Gasteiger partial charge < -0.3 is 11.1 Å². The van der Waals surface area contributed by atoms with Crippen LogP contribution in [0.2, 0.25) is 0 Å². The van der Waals surface area contributed by atoms with Crippen molar-refractivity contribution in [1.82, 2.24) is 9.97 Å². The normalized spacial score (nSPS) is 10.7. The monoisotopic (exact) mass is 300 g/mol. The topological polar surface area (TPSA) is 63.8 Å². The molecule has 3 N–H and O–H groups in total. The van der Waals surface area contributed by atoms with Crippen LogP contribution in [0, 0.1) is 23.3 Å². The van der Waals surface area contributed by atoms with Gasteiger partial charge in [0.25, 0.3) is 0 Å². The fraction of sp³-hybridized carbons (Fsp3) is 0.231. The van der Waals surface area contributed by atoms with Crippen LogP contribution in [0.4, 0.5) is 34.9 Å². The van der Waals surface area contributed by atoms with Gasteiger partial charge in [0.05, 0.1) is 0 Å². The second kappa shape index (κ2) is 5.94. The molecule has 0 aliphatic rings. The number of aromatic nitrogens is 2. The minimum atomic E-state index is -1.53. The standard InChI is InChI=1S/C13H12F4N4/c1-2-3-6-12(18)19-5-20-13(6)21-11-9(16)7(14)4-8(15)10(11)17/h4-5H,2-3H2,1H3,(H3,18,19,20,21). The fourth-order valence-electron chi connectivity index (χ4n) is 1.83. The summed E-state index contributed by atoms with van der Waals surface area (Å²) in [5, 5.41) is 2.26. The third-order valence-electron chi connectivity index (χ3n) is 2.83. The van der Waals surface area contributed by atoms with Crippen LogP contribution in [0.5, 0.6) is 0 Å². The molecular formula is C13H12F4N4. The average Bonchev–Trinajstić information content (AvgIpc) is 2.45. The molecule has 1 heterocycles. The van der Waals surface area contributed by atoms with E-state index in [9.17, 15) is 17.6 Å². The molecule has 0 aliphatic heterocycles. The summed E-state index contributed by atoms with van der Waals surface area (Å²) in [7, 11) is 0. The molecule has 8 heteroatoms. The Hall–Kier alpha value is -2.38. The van der Waals surface area contributed by atoms with Crippen LogP contribution in [-0.4, -0.2) is 9.97 Å². The quantitative estimate of drug-likeness (QED) is 0.671. The van der Waals surface area contributed by atoms with Crippen LogP contribution in [0.25, 0.3) is 0 Å². The van der Waals surface area contributed by atoms with Gasteiger partial charge in [-0.2, -0.15) is 0 Å². The van der Waals surface area contributed by atoms with E-state index in [-0.39, 0.29) is 17.7 Å². The molecule has 4 nitrogen and oxygen atoms in total. The molecule has 0 radical (unpaired) electrons. The zero-order valence-electron chi connectivity index (χ0n) is 11.1. The van der Waals surface area contributed by atoms with Crippen molar-refractivity contribution in [3.8, 4) is 0 Å². The van der Waals surface area contributed by atoms with Gasteiger partial charge in [-0.1, -0.05) is 13.3 Å². The number of hydrogen-bond donors (Lipinski definition) is 2. The molecule has 112 valence electrons. The van der Waals surface area contributed by atoms with Crippen LogP contribution in [0.3, 0.4) is 0 Å². The SMILES string of the molecule is CCCc1c(N)ncnc1Nc1c(F)c(F)cc(F)c1F. The van der Waals surface area contributed by atoms with Crippen molar-refractivity contribution in [2.75, 3.05) is 11.1 Å². The van der Waals surface area contributed by atoms with Crippen molar-refractivity contribution in [3.63, 3.8) is 0 Å². The smallest absolute Gasteiger partial charge is 0.185 e. The third kappa shape index (κ3) is 2.88. The Morgan fingerprint density at radius 1 is 1.10 bits per heavy atom. The molecule has 1 aromatic heterocycles. The first-order chi connectivity index (χ1) is 9.95. The molecule has 0 saturated carbocycles. The zero-order chi connectivity index (χ0) is 15.6. The first-order valence-electron chi connectivity index (χ1n) is 6.15. The molecule has 0 spiro atoms. The third-order valence-corrected chi connectivity index (χ3v) is 2.83. The van der Waals surface area contributed by atoms with Crippen molar-refractivity contribution in [3.05, 3.63) is 41.2 Å². The van der Waals surface area contributed by atoms with Crippen molar-refractivity contribution >= 4 is 17.3 Å². The summed E-state index contributed by atoms with van der Waals surface area (Å²) in [6.45, 7) is 1.86. The summed E-state index contributed by atoms with van der Waals surface area (Å²) in [6.07, 6.45) is 2.20. The van der Waals surface area contributed by atoms with Gasteiger partial charge in [-0.05, 0) is 6.42 Å². The van der Waals surface area contributed by atoms with Gasteiger partial charge in [-0.15, -0.1) is 0 Å². The molecule has 0 unspecified atom stereocenters. The number of rotatable bonds is 4. The first kappa shape index (κ1) is 15.0. The first-order valence-corrected chi connectivity index (χ1v) is 6.15. The number of anilines is 3. The van der Waals surface area contributed by atoms with Crippen LogP contribution >= 0.6 is 0 Å². The minimum Gasteiger partial charge on any atom is -0.383 e. The van der Waals surface area contributed by atoms with E-state index in [1.54, 1.807) is 0 Å². The number of halogens is 4. The van der Waals surface area contributed by atoms with Crippen molar-refractivity contribution in [2.24, 2.45) is 0 Å². The van der Waals surface area contributed by atoms with Crippen LogP contribution in [0.1, 0.15) is 18.9 Å². The molecular weight excluding hydrogens is 288 g/mol. The average molecular weight is 300 g/mol. The molecule has 0 bridgehead atoms. The van der Waals surface area contributed by atoms with E-state index in [0.717, 1.165) is 6.33 Å². The number of nitrogens with zero attached hydrogens (tertiary/aromatic N) is 2. The summed E-state index contributed by atoms with van der Waals surface area (Å²) in [5.41, 5.74) is 5.13. The van der Waals surface area contributed by atoms with Gasteiger partial charge in [-0.25, -0.2) is 27.5 Å². The second-order valence-corrected chi connectivity index (χ2v) is 4.30. The van der Waals surface area contributed by atoms with Gasteiger partial charge in [0, 0.05) is 11.6 Å². The van der Waals surface area contributed by atoms with Crippen molar-refractivity contribution < 1.29 is 17.6 Å².